The van der Waals surface area contributed by atoms with Crippen LogP contribution in [0.3, 0.4) is 0 Å². The molecule has 1 rings (SSSR count). The van der Waals surface area contributed by atoms with E-state index in [4.69, 9.17) is 5.73 Å². The second-order valence-electron chi connectivity index (χ2n) is 4.71. The lowest BCUT2D eigenvalue weighted by Gasteiger charge is -2.26. The lowest BCUT2D eigenvalue weighted by Crippen LogP contribution is -2.28. The van der Waals surface area contributed by atoms with E-state index in [0.717, 1.165) is 30.5 Å². The third-order valence-electron chi connectivity index (χ3n) is 3.02. The molecule has 0 radical (unpaired) electrons. The molecule has 1 aromatic carbocycles. The Balaban J connectivity index is 2.77. The number of halogens is 1. The summed E-state index contributed by atoms with van der Waals surface area (Å²) in [6.07, 6.45) is 1.16. The summed E-state index contributed by atoms with van der Waals surface area (Å²) in [5.74, 6) is 0. The molecule has 0 saturated carbocycles. The maximum absolute atomic E-state index is 5.82. The number of benzene rings is 1. The molecule has 0 amide bonds. The molecule has 0 aromatic heterocycles. The van der Waals surface area contributed by atoms with Crippen molar-refractivity contribution in [3.8, 4) is 0 Å². The Hall–Kier alpha value is -0.580. The molecule has 0 fully saturated rings. The highest BCUT2D eigenvalue weighted by Crippen LogP contribution is 2.25. The maximum Gasteiger partial charge on any atom is 0.0422 e. The minimum absolute atomic E-state index is 0.590. The van der Waals surface area contributed by atoms with Crippen LogP contribution in [0, 0.1) is 0 Å². The third-order valence-corrected chi connectivity index (χ3v) is 3.52. The molecule has 4 heteroatoms. The Bertz CT molecular complexity index is 366. The van der Waals surface area contributed by atoms with E-state index < -0.39 is 0 Å². The fourth-order valence-corrected chi connectivity index (χ4v) is 2.38. The molecule has 0 heterocycles. The van der Waals surface area contributed by atoms with E-state index in [0.29, 0.717) is 6.54 Å². The SMILES string of the molecule is CCN(CCCN(C)C)c1cc(Br)ccc1CN. The number of nitrogens with two attached hydrogens (primary N) is 1. The first-order valence-corrected chi connectivity index (χ1v) is 7.26. The van der Waals surface area contributed by atoms with E-state index in [1.165, 1.54) is 11.3 Å². The van der Waals surface area contributed by atoms with E-state index in [-0.39, 0.29) is 0 Å². The van der Waals surface area contributed by atoms with Gasteiger partial charge in [0.25, 0.3) is 0 Å². The van der Waals surface area contributed by atoms with Crippen LogP contribution in [0.25, 0.3) is 0 Å². The molecule has 0 aliphatic carbocycles. The Morgan fingerprint density at radius 3 is 2.50 bits per heavy atom. The van der Waals surface area contributed by atoms with Gasteiger partial charge in [-0.25, -0.2) is 0 Å². The topological polar surface area (TPSA) is 32.5 Å². The molecule has 0 bridgehead atoms. The molecular formula is C14H24BrN3. The molecule has 0 saturated heterocycles. The zero-order chi connectivity index (χ0) is 13.5. The van der Waals surface area contributed by atoms with Crippen LogP contribution >= 0.6 is 15.9 Å². The Morgan fingerprint density at radius 1 is 1.22 bits per heavy atom. The van der Waals surface area contributed by atoms with Crippen molar-refractivity contribution >= 4 is 21.6 Å². The van der Waals surface area contributed by atoms with Crippen molar-refractivity contribution in [1.29, 1.82) is 0 Å². The van der Waals surface area contributed by atoms with Gasteiger partial charge in [-0.2, -0.15) is 0 Å². The van der Waals surface area contributed by atoms with E-state index >= 15 is 0 Å². The zero-order valence-corrected chi connectivity index (χ0v) is 13.2. The number of rotatable bonds is 7. The van der Waals surface area contributed by atoms with Gasteiger partial charge < -0.3 is 15.5 Å². The van der Waals surface area contributed by atoms with Gasteiger partial charge in [0, 0.05) is 29.8 Å². The van der Waals surface area contributed by atoms with Crippen LogP contribution in [0.15, 0.2) is 22.7 Å². The highest BCUT2D eigenvalue weighted by atomic mass is 79.9. The molecule has 0 spiro atoms. The van der Waals surface area contributed by atoms with Gasteiger partial charge in [0.05, 0.1) is 0 Å². The van der Waals surface area contributed by atoms with Crippen LogP contribution in [0.1, 0.15) is 18.9 Å². The van der Waals surface area contributed by atoms with E-state index in [1.54, 1.807) is 0 Å². The molecule has 0 aliphatic heterocycles. The fraction of sp³-hybridized carbons (Fsp3) is 0.571. The maximum atomic E-state index is 5.82. The Morgan fingerprint density at radius 2 is 1.94 bits per heavy atom. The second kappa shape index (κ2) is 7.77. The van der Waals surface area contributed by atoms with E-state index in [2.05, 4.69) is 64.9 Å². The summed E-state index contributed by atoms with van der Waals surface area (Å²) >= 11 is 3.54. The average Bonchev–Trinajstić information content (AvgIpc) is 2.34. The summed E-state index contributed by atoms with van der Waals surface area (Å²) in [6.45, 7) is 5.97. The molecule has 0 unspecified atom stereocenters. The van der Waals surface area contributed by atoms with Crippen LogP contribution in [0.5, 0.6) is 0 Å². The third kappa shape index (κ3) is 4.59. The largest absolute Gasteiger partial charge is 0.371 e. The first kappa shape index (κ1) is 15.5. The molecule has 1 aromatic rings. The first-order valence-electron chi connectivity index (χ1n) is 6.46. The molecular weight excluding hydrogens is 290 g/mol. The molecule has 3 nitrogen and oxygen atoms in total. The summed E-state index contributed by atoms with van der Waals surface area (Å²) in [6, 6.07) is 6.33. The Labute approximate surface area is 119 Å². The van der Waals surface area contributed by atoms with Gasteiger partial charge in [0.2, 0.25) is 0 Å². The first-order chi connectivity index (χ1) is 8.58. The summed E-state index contributed by atoms with van der Waals surface area (Å²) in [5.41, 5.74) is 8.29. The van der Waals surface area contributed by atoms with Crippen molar-refractivity contribution in [2.45, 2.75) is 19.9 Å². The standard InChI is InChI=1S/C14H24BrN3/c1-4-18(9-5-8-17(2)3)14-10-13(15)7-6-12(14)11-16/h6-7,10H,4-5,8-9,11,16H2,1-3H3. The predicted octanol–water partition coefficient (Wildman–Crippen LogP) is 2.69. The van der Waals surface area contributed by atoms with Crippen LogP contribution in [0.4, 0.5) is 5.69 Å². The quantitative estimate of drug-likeness (QED) is 0.840. The van der Waals surface area contributed by atoms with Crippen molar-refractivity contribution in [1.82, 2.24) is 4.90 Å². The van der Waals surface area contributed by atoms with Crippen molar-refractivity contribution < 1.29 is 0 Å². The number of hydrogen-bond acceptors (Lipinski definition) is 3. The highest BCUT2D eigenvalue weighted by Gasteiger charge is 2.09. The predicted molar refractivity (Wildman–Crippen MR) is 83.1 cm³/mol. The van der Waals surface area contributed by atoms with Gasteiger partial charge >= 0.3 is 0 Å². The normalized spacial score (nSPS) is 11.0. The lowest BCUT2D eigenvalue weighted by molar-refractivity contribution is 0.400. The fourth-order valence-electron chi connectivity index (χ4n) is 2.03. The van der Waals surface area contributed by atoms with Crippen LogP contribution in [-0.4, -0.2) is 38.6 Å². The zero-order valence-electron chi connectivity index (χ0n) is 11.6. The summed E-state index contributed by atoms with van der Waals surface area (Å²) in [7, 11) is 4.22. The van der Waals surface area contributed by atoms with E-state index in [1.807, 2.05) is 0 Å². The van der Waals surface area contributed by atoms with Crippen LogP contribution < -0.4 is 10.6 Å². The molecule has 102 valence electrons. The van der Waals surface area contributed by atoms with Crippen LogP contribution in [-0.2, 0) is 6.54 Å². The molecule has 18 heavy (non-hydrogen) atoms. The van der Waals surface area contributed by atoms with Crippen molar-refractivity contribution in [3.05, 3.63) is 28.2 Å². The summed E-state index contributed by atoms with van der Waals surface area (Å²) in [5, 5.41) is 0. The lowest BCUT2D eigenvalue weighted by atomic mass is 10.1. The Kier molecular flexibility index (Phi) is 6.68. The monoisotopic (exact) mass is 313 g/mol. The molecule has 0 aliphatic rings. The van der Waals surface area contributed by atoms with Gasteiger partial charge in [-0.05, 0) is 51.7 Å². The van der Waals surface area contributed by atoms with Crippen molar-refractivity contribution in [2.24, 2.45) is 5.73 Å². The van der Waals surface area contributed by atoms with E-state index in [9.17, 15) is 0 Å². The summed E-state index contributed by atoms with van der Waals surface area (Å²) in [4.78, 5) is 4.62. The molecule has 0 atom stereocenters. The second-order valence-corrected chi connectivity index (χ2v) is 5.63. The minimum Gasteiger partial charge on any atom is -0.371 e. The summed E-state index contributed by atoms with van der Waals surface area (Å²) < 4.78 is 1.11. The highest BCUT2D eigenvalue weighted by molar-refractivity contribution is 9.10. The average molecular weight is 314 g/mol. The number of hydrogen-bond donors (Lipinski definition) is 1. The molecule has 2 N–H and O–H groups in total. The van der Waals surface area contributed by atoms with Crippen molar-refractivity contribution in [3.63, 3.8) is 0 Å². The number of nitrogens with zero attached hydrogens (tertiary/aromatic N) is 2. The number of anilines is 1. The van der Waals surface area contributed by atoms with Crippen molar-refractivity contribution in [2.75, 3.05) is 38.6 Å². The van der Waals surface area contributed by atoms with Gasteiger partial charge in [-0.1, -0.05) is 22.0 Å². The smallest absolute Gasteiger partial charge is 0.0422 e. The van der Waals surface area contributed by atoms with Crippen LogP contribution in [0.2, 0.25) is 0 Å². The van der Waals surface area contributed by atoms with Gasteiger partial charge in [-0.3, -0.25) is 0 Å². The van der Waals surface area contributed by atoms with Gasteiger partial charge in [0.1, 0.15) is 0 Å². The minimum atomic E-state index is 0.590. The van der Waals surface area contributed by atoms with Gasteiger partial charge in [-0.15, -0.1) is 0 Å². The van der Waals surface area contributed by atoms with Gasteiger partial charge in [0.15, 0.2) is 0 Å².